The van der Waals surface area contributed by atoms with E-state index < -0.39 is 36.4 Å². The van der Waals surface area contributed by atoms with Gasteiger partial charge in [-0.1, -0.05) is 32.0 Å². The Morgan fingerprint density at radius 2 is 2.00 bits per heavy atom. The third-order valence-corrected chi connectivity index (χ3v) is 5.33. The van der Waals surface area contributed by atoms with Crippen LogP contribution >= 0.6 is 0 Å². The molecule has 172 valence electrons. The van der Waals surface area contributed by atoms with Crippen LogP contribution in [0.2, 0.25) is 0 Å². The van der Waals surface area contributed by atoms with Crippen molar-refractivity contribution in [3.05, 3.63) is 36.0 Å². The molecule has 3 rings (SSSR count). The summed E-state index contributed by atoms with van der Waals surface area (Å²) in [7, 11) is 0. The van der Waals surface area contributed by atoms with Gasteiger partial charge in [-0.25, -0.2) is 4.39 Å². The molecular formula is C22H28FN5O4. The van der Waals surface area contributed by atoms with Crippen molar-refractivity contribution < 1.29 is 23.6 Å². The van der Waals surface area contributed by atoms with E-state index in [2.05, 4.69) is 21.0 Å². The normalized spacial score (nSPS) is 16.6. The van der Waals surface area contributed by atoms with E-state index in [1.165, 1.54) is 0 Å². The lowest BCUT2D eigenvalue weighted by molar-refractivity contribution is -0.144. The van der Waals surface area contributed by atoms with Gasteiger partial charge in [0.2, 0.25) is 5.91 Å². The van der Waals surface area contributed by atoms with E-state index in [-0.39, 0.29) is 18.4 Å². The molecule has 1 aromatic heterocycles. The summed E-state index contributed by atoms with van der Waals surface area (Å²) >= 11 is 0. The van der Waals surface area contributed by atoms with Crippen LogP contribution in [0.3, 0.4) is 0 Å². The second-order valence-electron chi connectivity index (χ2n) is 8.32. The maximum Gasteiger partial charge on any atom is 0.272 e. The van der Waals surface area contributed by atoms with Crippen LogP contribution in [0.5, 0.6) is 0 Å². The first-order valence-corrected chi connectivity index (χ1v) is 10.6. The lowest BCUT2D eigenvalue weighted by Gasteiger charge is -2.27. The number of H-pyrrole nitrogens is 1. The zero-order chi connectivity index (χ0) is 23.3. The lowest BCUT2D eigenvalue weighted by Crippen LogP contribution is -2.56. The lowest BCUT2D eigenvalue weighted by atomic mass is 10.0. The number of carbonyl (C=O) groups excluding carboxylic acids is 4. The second-order valence-corrected chi connectivity index (χ2v) is 8.32. The van der Waals surface area contributed by atoms with Gasteiger partial charge in [-0.05, 0) is 30.9 Å². The van der Waals surface area contributed by atoms with Gasteiger partial charge in [-0.2, -0.15) is 0 Å². The number of benzene rings is 1. The Morgan fingerprint density at radius 3 is 2.62 bits per heavy atom. The maximum absolute atomic E-state index is 13.1. The van der Waals surface area contributed by atoms with Gasteiger partial charge in [0.25, 0.3) is 17.7 Å². The van der Waals surface area contributed by atoms with E-state index in [4.69, 9.17) is 0 Å². The monoisotopic (exact) mass is 445 g/mol. The van der Waals surface area contributed by atoms with Crippen LogP contribution in [-0.2, 0) is 14.4 Å². The van der Waals surface area contributed by atoms with Crippen molar-refractivity contribution in [2.75, 3.05) is 19.8 Å². The number of carbonyl (C=O) groups is 4. The van der Waals surface area contributed by atoms with Gasteiger partial charge in [-0.15, -0.1) is 0 Å². The van der Waals surface area contributed by atoms with Crippen LogP contribution in [-0.4, -0.2) is 59.4 Å². The van der Waals surface area contributed by atoms with Gasteiger partial charge in [0.1, 0.15) is 11.7 Å². The topological polar surface area (TPSA) is 123 Å². The molecule has 2 aromatic rings. The number of halogens is 1. The summed E-state index contributed by atoms with van der Waals surface area (Å²) < 4.78 is 13.1. The molecule has 1 saturated heterocycles. The Bertz CT molecular complexity index is 972. The molecular weight excluding hydrogens is 417 g/mol. The molecule has 4 N–H and O–H groups in total. The van der Waals surface area contributed by atoms with Crippen LogP contribution in [0, 0.1) is 11.8 Å². The maximum atomic E-state index is 13.1. The average molecular weight is 445 g/mol. The minimum atomic E-state index is -1.31. The summed E-state index contributed by atoms with van der Waals surface area (Å²) in [5.41, 5.74) is 3.49. The van der Waals surface area contributed by atoms with E-state index in [0.717, 1.165) is 15.9 Å². The van der Waals surface area contributed by atoms with Gasteiger partial charge < -0.3 is 15.6 Å². The third-order valence-electron chi connectivity index (χ3n) is 5.33. The van der Waals surface area contributed by atoms with Crippen LogP contribution in [0.25, 0.3) is 10.9 Å². The highest BCUT2D eigenvalue weighted by Crippen LogP contribution is 2.16. The van der Waals surface area contributed by atoms with Crippen molar-refractivity contribution in [2.45, 2.75) is 32.7 Å². The van der Waals surface area contributed by atoms with E-state index in [0.29, 0.717) is 25.1 Å². The van der Waals surface area contributed by atoms with Crippen molar-refractivity contribution in [3.8, 4) is 0 Å². The van der Waals surface area contributed by atoms with Gasteiger partial charge in [0, 0.05) is 17.4 Å². The molecule has 32 heavy (non-hydrogen) atoms. The number of hydrogen-bond donors (Lipinski definition) is 4. The zero-order valence-corrected chi connectivity index (χ0v) is 18.1. The quantitative estimate of drug-likeness (QED) is 0.457. The minimum absolute atomic E-state index is 0.0553. The van der Waals surface area contributed by atoms with Gasteiger partial charge >= 0.3 is 0 Å². The summed E-state index contributed by atoms with van der Waals surface area (Å²) in [5, 5.41) is 7.03. The number of alkyl halides is 1. The smallest absolute Gasteiger partial charge is 0.272 e. The van der Waals surface area contributed by atoms with Crippen molar-refractivity contribution in [2.24, 2.45) is 11.8 Å². The average Bonchev–Trinajstić information content (AvgIpc) is 3.37. The van der Waals surface area contributed by atoms with Crippen LogP contribution in [0.15, 0.2) is 30.3 Å². The van der Waals surface area contributed by atoms with Crippen molar-refractivity contribution in [1.82, 2.24) is 26.1 Å². The van der Waals surface area contributed by atoms with E-state index in [9.17, 15) is 23.6 Å². The van der Waals surface area contributed by atoms with Crippen molar-refractivity contribution in [3.63, 3.8) is 0 Å². The molecule has 2 atom stereocenters. The van der Waals surface area contributed by atoms with E-state index >= 15 is 0 Å². The highest BCUT2D eigenvalue weighted by molar-refractivity contribution is 6.00. The molecule has 10 heteroatoms. The summed E-state index contributed by atoms with van der Waals surface area (Å²) in [6.45, 7) is 2.80. The fourth-order valence-electron chi connectivity index (χ4n) is 3.67. The predicted octanol–water partition coefficient (Wildman–Crippen LogP) is 1.28. The number of rotatable bonds is 8. The standard InChI is InChI=1S/C22H28FN5O4/c1-13(2)9-17(26-21(31)18-10-14-5-3-4-6-16(14)25-18)22(32)27-28(19(29)11-23)12-15-7-8-24-20(15)30/h3-6,10,13,15,17,25H,7-9,11-12H2,1-2H3,(H,24,30)(H,26,31)(H,27,32)/t15-,17+/m0/s1. The number of aromatic nitrogens is 1. The molecule has 4 amide bonds. The molecule has 2 heterocycles. The Hall–Kier alpha value is -3.43. The largest absolute Gasteiger partial charge is 0.356 e. The molecule has 0 radical (unpaired) electrons. The SMILES string of the molecule is CC(C)C[C@@H](NC(=O)c1cc2ccccc2[nH]1)C(=O)NN(C[C@@H]1CCNC1=O)C(=O)CF. The second kappa shape index (κ2) is 10.3. The molecule has 0 bridgehead atoms. The molecule has 0 aliphatic carbocycles. The molecule has 0 spiro atoms. The number of amides is 4. The van der Waals surface area contributed by atoms with Gasteiger partial charge in [0.05, 0.1) is 12.5 Å². The Balaban J connectivity index is 1.72. The summed E-state index contributed by atoms with van der Waals surface area (Å²) in [6, 6.07) is 8.13. The van der Waals surface area contributed by atoms with Gasteiger partial charge in [-0.3, -0.25) is 29.6 Å². The Morgan fingerprint density at radius 1 is 1.25 bits per heavy atom. The number of hydrazine groups is 1. The highest BCUT2D eigenvalue weighted by atomic mass is 19.1. The zero-order valence-electron chi connectivity index (χ0n) is 18.1. The number of para-hydroxylation sites is 1. The molecule has 0 unspecified atom stereocenters. The summed E-state index contributed by atoms with van der Waals surface area (Å²) in [5.74, 6) is -2.80. The number of nitrogens with zero attached hydrogens (tertiary/aromatic N) is 1. The van der Waals surface area contributed by atoms with Crippen LogP contribution < -0.4 is 16.1 Å². The number of nitrogens with one attached hydrogen (secondary N) is 4. The van der Waals surface area contributed by atoms with Crippen molar-refractivity contribution in [1.29, 1.82) is 0 Å². The van der Waals surface area contributed by atoms with Crippen LogP contribution in [0.4, 0.5) is 4.39 Å². The fourth-order valence-corrected chi connectivity index (χ4v) is 3.67. The number of aromatic amines is 1. The van der Waals surface area contributed by atoms with Gasteiger partial charge in [0.15, 0.2) is 6.67 Å². The first-order chi connectivity index (χ1) is 15.3. The molecule has 0 saturated carbocycles. The van der Waals surface area contributed by atoms with E-state index in [1.54, 1.807) is 6.07 Å². The highest BCUT2D eigenvalue weighted by Gasteiger charge is 2.31. The Labute approximate surface area is 185 Å². The third kappa shape index (κ3) is 5.63. The first-order valence-electron chi connectivity index (χ1n) is 10.6. The van der Waals surface area contributed by atoms with Crippen molar-refractivity contribution >= 4 is 34.5 Å². The van der Waals surface area contributed by atoms with E-state index in [1.807, 2.05) is 38.1 Å². The Kier molecular flexibility index (Phi) is 7.45. The molecule has 9 nitrogen and oxygen atoms in total. The summed E-state index contributed by atoms with van der Waals surface area (Å²) in [4.78, 5) is 52.6. The first kappa shape index (κ1) is 23.2. The fraction of sp³-hybridized carbons (Fsp3) is 0.455. The molecule has 1 aromatic carbocycles. The van der Waals surface area contributed by atoms with Crippen LogP contribution in [0.1, 0.15) is 37.2 Å². The predicted molar refractivity (Wildman–Crippen MR) is 116 cm³/mol. The minimum Gasteiger partial charge on any atom is -0.356 e. The number of fused-ring (bicyclic) bond motifs is 1. The molecule has 1 aliphatic rings. The molecule has 1 aliphatic heterocycles. The molecule has 1 fully saturated rings. The summed E-state index contributed by atoms with van der Waals surface area (Å²) in [6.07, 6.45) is 0.788. The number of hydrogen-bond acceptors (Lipinski definition) is 4.